The van der Waals surface area contributed by atoms with Crippen LogP contribution in [-0.4, -0.2) is 52.3 Å². The van der Waals surface area contributed by atoms with Crippen molar-refractivity contribution in [3.05, 3.63) is 77.1 Å². The molecule has 0 unspecified atom stereocenters. The highest BCUT2D eigenvalue weighted by Gasteiger charge is 2.30. The number of nitrogens with zero attached hydrogens (tertiary/aromatic N) is 4. The van der Waals surface area contributed by atoms with E-state index in [2.05, 4.69) is 20.2 Å². The Labute approximate surface area is 227 Å². The van der Waals surface area contributed by atoms with Crippen molar-refractivity contribution in [1.29, 1.82) is 0 Å². The van der Waals surface area contributed by atoms with Crippen molar-refractivity contribution in [3.8, 4) is 11.6 Å². The van der Waals surface area contributed by atoms with E-state index in [4.69, 9.17) is 9.47 Å². The Bertz CT molecular complexity index is 1550. The Balaban J connectivity index is 1.37. The van der Waals surface area contributed by atoms with Gasteiger partial charge in [0.1, 0.15) is 6.33 Å². The Morgan fingerprint density at radius 1 is 1.15 bits per heavy atom. The number of nitrogens with one attached hydrogen (secondary N) is 1. The van der Waals surface area contributed by atoms with E-state index < -0.39 is 23.6 Å². The largest absolute Gasteiger partial charge is 0.436 e. The summed E-state index contributed by atoms with van der Waals surface area (Å²) in [5.41, 5.74) is 1.35. The summed E-state index contributed by atoms with van der Waals surface area (Å²) in [7, 11) is 1.67. The maximum Gasteiger partial charge on any atom is 0.416 e. The van der Waals surface area contributed by atoms with Gasteiger partial charge in [0.15, 0.2) is 11.6 Å². The maximum atomic E-state index is 15.6. The molecule has 0 saturated heterocycles. The number of carbonyl (C=O) groups excluding carboxylic acids is 1. The van der Waals surface area contributed by atoms with Crippen LogP contribution in [0.2, 0.25) is 0 Å². The SMILES string of the molecule is COCCCN1CCc2c(ncnc2Oc2ccc3c(cc(C)n3C(=O)Nc3cccc(C(F)(F)F)c3)c2F)C1. The smallest absolute Gasteiger partial charge is 0.416 e. The molecule has 5 rings (SSSR count). The average molecular weight is 558 g/mol. The minimum atomic E-state index is -4.55. The van der Waals surface area contributed by atoms with E-state index in [9.17, 15) is 18.0 Å². The minimum absolute atomic E-state index is 0.0349. The maximum absolute atomic E-state index is 15.6. The normalized spacial score (nSPS) is 13.8. The number of hydrogen-bond acceptors (Lipinski definition) is 6. The van der Waals surface area contributed by atoms with Crippen LogP contribution in [0.25, 0.3) is 10.9 Å². The third kappa shape index (κ3) is 5.63. The van der Waals surface area contributed by atoms with E-state index in [1.165, 1.54) is 41.2 Å². The van der Waals surface area contributed by atoms with Crippen molar-refractivity contribution < 1.29 is 31.8 Å². The molecule has 4 aromatic rings. The number of anilines is 1. The molecule has 12 heteroatoms. The lowest BCUT2D eigenvalue weighted by Crippen LogP contribution is -2.32. The van der Waals surface area contributed by atoms with Crippen LogP contribution in [0, 0.1) is 12.7 Å². The lowest BCUT2D eigenvalue weighted by atomic mass is 10.1. The third-order valence-corrected chi connectivity index (χ3v) is 6.79. The average Bonchev–Trinajstić information content (AvgIpc) is 3.27. The van der Waals surface area contributed by atoms with E-state index in [1.54, 1.807) is 14.0 Å². The summed E-state index contributed by atoms with van der Waals surface area (Å²) >= 11 is 0. The number of alkyl halides is 3. The molecule has 3 heterocycles. The molecule has 2 aromatic carbocycles. The van der Waals surface area contributed by atoms with Gasteiger partial charge in [-0.3, -0.25) is 9.47 Å². The van der Waals surface area contributed by atoms with Gasteiger partial charge in [-0.25, -0.2) is 19.2 Å². The van der Waals surface area contributed by atoms with E-state index in [1.807, 2.05) is 0 Å². The monoisotopic (exact) mass is 557 g/mol. The quantitative estimate of drug-likeness (QED) is 0.216. The first-order valence-electron chi connectivity index (χ1n) is 12.7. The molecule has 1 N–H and O–H groups in total. The highest BCUT2D eigenvalue weighted by molar-refractivity contribution is 6.00. The molecular weight excluding hydrogens is 530 g/mol. The van der Waals surface area contributed by atoms with Crippen molar-refractivity contribution in [1.82, 2.24) is 19.4 Å². The summed E-state index contributed by atoms with van der Waals surface area (Å²) < 4.78 is 67.1. The summed E-state index contributed by atoms with van der Waals surface area (Å²) in [5, 5.41) is 2.59. The molecule has 1 aliphatic rings. The molecule has 0 bridgehead atoms. The van der Waals surface area contributed by atoms with Gasteiger partial charge in [-0.15, -0.1) is 0 Å². The van der Waals surface area contributed by atoms with Crippen molar-refractivity contribution in [2.45, 2.75) is 32.5 Å². The Kier molecular flexibility index (Phi) is 7.72. The van der Waals surface area contributed by atoms with Gasteiger partial charge in [-0.2, -0.15) is 13.2 Å². The fourth-order valence-corrected chi connectivity index (χ4v) is 4.85. The molecule has 0 spiro atoms. The van der Waals surface area contributed by atoms with Gasteiger partial charge in [0, 0.05) is 55.7 Å². The molecule has 8 nitrogen and oxygen atoms in total. The van der Waals surface area contributed by atoms with Crippen LogP contribution in [0.3, 0.4) is 0 Å². The second-order valence-corrected chi connectivity index (χ2v) is 9.52. The van der Waals surface area contributed by atoms with Gasteiger partial charge < -0.3 is 14.8 Å². The van der Waals surface area contributed by atoms with Gasteiger partial charge >= 0.3 is 12.2 Å². The molecule has 0 saturated carbocycles. The number of benzene rings is 2. The number of hydrogen-bond donors (Lipinski definition) is 1. The standard InChI is InChI=1S/C28H27F4N5O3/c1-17-13-21-23(37(17)27(38)35-19-6-3-5-18(14-19)28(30,31)32)7-8-24(25(21)29)40-26-20-9-11-36(10-4-12-39-2)15-22(20)33-16-34-26/h3,5-8,13-14,16H,4,9-12,15H2,1-2H3,(H,35,38). The summed E-state index contributed by atoms with van der Waals surface area (Å²) in [6.07, 6.45) is -1.61. The molecule has 0 aliphatic carbocycles. The summed E-state index contributed by atoms with van der Waals surface area (Å²) in [4.78, 5) is 23.9. The number of amides is 1. The van der Waals surface area contributed by atoms with Crippen LogP contribution in [0.15, 0.2) is 48.8 Å². The molecule has 0 fully saturated rings. The van der Waals surface area contributed by atoms with Crippen molar-refractivity contribution in [2.24, 2.45) is 0 Å². The molecular formula is C28H27F4N5O3. The summed E-state index contributed by atoms with van der Waals surface area (Å²) in [6.45, 7) is 4.56. The van der Waals surface area contributed by atoms with Gasteiger partial charge in [0.2, 0.25) is 5.88 Å². The predicted octanol–water partition coefficient (Wildman–Crippen LogP) is 6.16. The number of aryl methyl sites for hydroxylation is 1. The Morgan fingerprint density at radius 2 is 1.98 bits per heavy atom. The highest BCUT2D eigenvalue weighted by atomic mass is 19.4. The van der Waals surface area contributed by atoms with E-state index in [0.29, 0.717) is 25.3 Å². The zero-order chi connectivity index (χ0) is 28.4. The molecule has 1 amide bonds. The van der Waals surface area contributed by atoms with Crippen molar-refractivity contribution in [3.63, 3.8) is 0 Å². The third-order valence-electron chi connectivity index (χ3n) is 6.79. The molecule has 0 atom stereocenters. The molecule has 1 aliphatic heterocycles. The van der Waals surface area contributed by atoms with Crippen molar-refractivity contribution >= 4 is 22.6 Å². The first-order chi connectivity index (χ1) is 19.2. The fraction of sp³-hybridized carbons (Fsp3) is 0.321. The van der Waals surface area contributed by atoms with Crippen LogP contribution >= 0.6 is 0 Å². The Hall–Kier alpha value is -4.03. The van der Waals surface area contributed by atoms with Crippen LogP contribution in [-0.2, 0) is 23.9 Å². The first kappa shape index (κ1) is 27.5. The zero-order valence-electron chi connectivity index (χ0n) is 21.9. The van der Waals surface area contributed by atoms with E-state index >= 15 is 4.39 Å². The van der Waals surface area contributed by atoms with Crippen LogP contribution < -0.4 is 10.1 Å². The van der Waals surface area contributed by atoms with Gasteiger partial charge in [-0.05, 0) is 56.2 Å². The fourth-order valence-electron chi connectivity index (χ4n) is 4.85. The van der Waals surface area contributed by atoms with E-state index in [0.717, 1.165) is 42.9 Å². The summed E-state index contributed by atoms with van der Waals surface area (Å²) in [5.74, 6) is -0.472. The van der Waals surface area contributed by atoms with Gasteiger partial charge in [-0.1, -0.05) is 6.07 Å². The van der Waals surface area contributed by atoms with Crippen LogP contribution in [0.4, 0.5) is 28.0 Å². The molecule has 40 heavy (non-hydrogen) atoms. The van der Waals surface area contributed by atoms with E-state index in [-0.39, 0.29) is 28.2 Å². The number of halogens is 4. The second-order valence-electron chi connectivity index (χ2n) is 9.52. The van der Waals surface area contributed by atoms with Crippen LogP contribution in [0.5, 0.6) is 11.6 Å². The number of ether oxygens (including phenoxy) is 2. The molecule has 210 valence electrons. The highest BCUT2D eigenvalue weighted by Crippen LogP contribution is 2.35. The lowest BCUT2D eigenvalue weighted by Gasteiger charge is -2.28. The van der Waals surface area contributed by atoms with Crippen molar-refractivity contribution in [2.75, 3.05) is 32.1 Å². The predicted molar refractivity (Wildman–Crippen MR) is 140 cm³/mol. The zero-order valence-corrected chi connectivity index (χ0v) is 21.9. The number of methoxy groups -OCH3 is 1. The topological polar surface area (TPSA) is 81.5 Å². The number of fused-ring (bicyclic) bond motifs is 2. The van der Waals surface area contributed by atoms with Gasteiger partial charge in [0.05, 0.1) is 16.8 Å². The molecule has 2 aromatic heterocycles. The number of carbonyl (C=O) groups is 1. The minimum Gasteiger partial charge on any atom is -0.436 e. The summed E-state index contributed by atoms with van der Waals surface area (Å²) in [6, 6.07) is 7.99. The number of aromatic nitrogens is 3. The lowest BCUT2D eigenvalue weighted by molar-refractivity contribution is -0.137. The van der Waals surface area contributed by atoms with Gasteiger partial charge in [0.25, 0.3) is 0 Å². The Morgan fingerprint density at radius 3 is 2.75 bits per heavy atom. The number of rotatable bonds is 7. The first-order valence-corrected chi connectivity index (χ1v) is 12.7. The molecule has 0 radical (unpaired) electrons. The second kappa shape index (κ2) is 11.2. The van der Waals surface area contributed by atoms with Crippen LogP contribution in [0.1, 0.15) is 28.9 Å².